The zero-order valence-corrected chi connectivity index (χ0v) is 12.1. The number of nitro benzene ring substituents is 1. The van der Waals surface area contributed by atoms with Crippen LogP contribution in [0.2, 0.25) is 0 Å². The molecule has 0 radical (unpaired) electrons. The molecule has 0 atom stereocenters. The zero-order valence-electron chi connectivity index (χ0n) is 12.1. The molecule has 110 valence electrons. The summed E-state index contributed by atoms with van der Waals surface area (Å²) in [5, 5.41) is 13.6. The summed E-state index contributed by atoms with van der Waals surface area (Å²) in [7, 11) is 1.68. The van der Waals surface area contributed by atoms with Crippen molar-refractivity contribution in [2.75, 3.05) is 7.05 Å². The van der Waals surface area contributed by atoms with Crippen molar-refractivity contribution in [2.45, 2.75) is 39.3 Å². The fourth-order valence-corrected chi connectivity index (χ4v) is 1.89. The van der Waals surface area contributed by atoms with Crippen molar-refractivity contribution in [2.24, 2.45) is 0 Å². The van der Waals surface area contributed by atoms with Gasteiger partial charge in [-0.1, -0.05) is 26.0 Å². The summed E-state index contributed by atoms with van der Waals surface area (Å²) in [4.78, 5) is 23.8. The number of non-ortho nitro benzene ring substituents is 1. The number of hydrogen-bond donors (Lipinski definition) is 1. The molecule has 0 aromatic heterocycles. The standard InChI is InChI=1S/C14H21N3O3/c1-4-12(5-2)15-14(18)16(3)10-11-7-6-8-13(9-11)17(19)20/h6-9,12H,4-5,10H2,1-3H3,(H,15,18). The summed E-state index contributed by atoms with van der Waals surface area (Å²) < 4.78 is 0. The first kappa shape index (κ1) is 15.9. The second kappa shape index (κ2) is 7.47. The van der Waals surface area contributed by atoms with Gasteiger partial charge in [-0.25, -0.2) is 4.79 Å². The van der Waals surface area contributed by atoms with E-state index in [-0.39, 0.29) is 17.8 Å². The lowest BCUT2D eigenvalue weighted by Gasteiger charge is -2.22. The quantitative estimate of drug-likeness (QED) is 0.642. The van der Waals surface area contributed by atoms with Crippen LogP contribution in [0.5, 0.6) is 0 Å². The van der Waals surface area contributed by atoms with E-state index >= 15 is 0 Å². The fraction of sp³-hybridized carbons (Fsp3) is 0.500. The van der Waals surface area contributed by atoms with Crippen LogP contribution in [0.4, 0.5) is 10.5 Å². The number of nitrogens with one attached hydrogen (secondary N) is 1. The highest BCUT2D eigenvalue weighted by Gasteiger charge is 2.14. The second-order valence-electron chi connectivity index (χ2n) is 4.75. The van der Waals surface area contributed by atoms with Crippen molar-refractivity contribution in [1.29, 1.82) is 0 Å². The topological polar surface area (TPSA) is 75.5 Å². The maximum Gasteiger partial charge on any atom is 0.317 e. The Hall–Kier alpha value is -2.11. The van der Waals surface area contributed by atoms with Gasteiger partial charge in [0.15, 0.2) is 0 Å². The average Bonchev–Trinajstić information content (AvgIpc) is 2.44. The highest BCUT2D eigenvalue weighted by molar-refractivity contribution is 5.74. The number of rotatable bonds is 6. The van der Waals surface area contributed by atoms with Crippen molar-refractivity contribution >= 4 is 11.7 Å². The molecule has 1 aromatic rings. The molecule has 1 N–H and O–H groups in total. The van der Waals surface area contributed by atoms with Gasteiger partial charge in [0.05, 0.1) is 4.92 Å². The van der Waals surface area contributed by atoms with Gasteiger partial charge in [0.25, 0.3) is 5.69 Å². The number of amides is 2. The Morgan fingerprint density at radius 2 is 2.05 bits per heavy atom. The fourth-order valence-electron chi connectivity index (χ4n) is 1.89. The van der Waals surface area contributed by atoms with Crippen molar-refractivity contribution in [3.05, 3.63) is 39.9 Å². The van der Waals surface area contributed by atoms with E-state index in [9.17, 15) is 14.9 Å². The van der Waals surface area contributed by atoms with Crippen LogP contribution >= 0.6 is 0 Å². The minimum atomic E-state index is -0.437. The van der Waals surface area contributed by atoms with Gasteiger partial charge in [0.1, 0.15) is 0 Å². The van der Waals surface area contributed by atoms with Gasteiger partial charge in [-0.05, 0) is 18.4 Å². The molecule has 6 heteroatoms. The molecular formula is C14H21N3O3. The Labute approximate surface area is 118 Å². The third-order valence-electron chi connectivity index (χ3n) is 3.20. The van der Waals surface area contributed by atoms with Crippen LogP contribution in [-0.2, 0) is 6.54 Å². The van der Waals surface area contributed by atoms with Crippen LogP contribution in [0.15, 0.2) is 24.3 Å². The Morgan fingerprint density at radius 3 is 2.60 bits per heavy atom. The Morgan fingerprint density at radius 1 is 1.40 bits per heavy atom. The van der Waals surface area contributed by atoms with Crippen LogP contribution in [-0.4, -0.2) is 28.9 Å². The van der Waals surface area contributed by atoms with Gasteiger partial charge in [-0.15, -0.1) is 0 Å². The SMILES string of the molecule is CCC(CC)NC(=O)N(C)Cc1cccc([N+](=O)[O-])c1. The summed E-state index contributed by atoms with van der Waals surface area (Å²) in [5.74, 6) is 0. The summed E-state index contributed by atoms with van der Waals surface area (Å²) in [5.41, 5.74) is 0.776. The lowest BCUT2D eigenvalue weighted by Crippen LogP contribution is -2.42. The highest BCUT2D eigenvalue weighted by Crippen LogP contribution is 2.14. The van der Waals surface area contributed by atoms with E-state index in [1.807, 2.05) is 13.8 Å². The smallest absolute Gasteiger partial charge is 0.317 e. The van der Waals surface area contributed by atoms with E-state index in [1.54, 1.807) is 19.2 Å². The number of nitro groups is 1. The van der Waals surface area contributed by atoms with Crippen LogP contribution in [0, 0.1) is 10.1 Å². The van der Waals surface area contributed by atoms with Gasteiger partial charge in [0.2, 0.25) is 0 Å². The first-order chi connectivity index (χ1) is 9.47. The van der Waals surface area contributed by atoms with Gasteiger partial charge < -0.3 is 10.2 Å². The van der Waals surface area contributed by atoms with E-state index in [4.69, 9.17) is 0 Å². The average molecular weight is 279 g/mol. The van der Waals surface area contributed by atoms with Gasteiger partial charge in [-0.3, -0.25) is 10.1 Å². The Kier molecular flexibility index (Phi) is 5.96. The normalized spacial score (nSPS) is 10.4. The zero-order chi connectivity index (χ0) is 15.1. The maximum absolute atomic E-state index is 12.0. The van der Waals surface area contributed by atoms with Gasteiger partial charge >= 0.3 is 6.03 Å². The molecule has 1 aromatic carbocycles. The number of nitrogens with zero attached hydrogens (tertiary/aromatic N) is 2. The van der Waals surface area contributed by atoms with Crippen molar-refractivity contribution in [3.8, 4) is 0 Å². The molecule has 0 aliphatic rings. The maximum atomic E-state index is 12.0. The summed E-state index contributed by atoms with van der Waals surface area (Å²) in [6.07, 6.45) is 1.76. The van der Waals surface area contributed by atoms with Crippen molar-refractivity contribution < 1.29 is 9.72 Å². The summed E-state index contributed by atoms with van der Waals surface area (Å²) in [6.45, 7) is 4.39. The molecule has 6 nitrogen and oxygen atoms in total. The molecular weight excluding hydrogens is 258 g/mol. The summed E-state index contributed by atoms with van der Waals surface area (Å²) >= 11 is 0. The lowest BCUT2D eigenvalue weighted by atomic mass is 10.2. The number of urea groups is 1. The van der Waals surface area contributed by atoms with Crippen LogP contribution in [0.3, 0.4) is 0 Å². The second-order valence-corrected chi connectivity index (χ2v) is 4.75. The molecule has 20 heavy (non-hydrogen) atoms. The van der Waals surface area contributed by atoms with E-state index in [2.05, 4.69) is 5.32 Å². The van der Waals surface area contributed by atoms with Crippen LogP contribution < -0.4 is 5.32 Å². The molecule has 0 fully saturated rings. The molecule has 0 aliphatic carbocycles. The van der Waals surface area contributed by atoms with E-state index in [0.717, 1.165) is 18.4 Å². The highest BCUT2D eigenvalue weighted by atomic mass is 16.6. The van der Waals surface area contributed by atoms with Crippen LogP contribution in [0.1, 0.15) is 32.3 Å². The molecule has 2 amide bonds. The first-order valence-electron chi connectivity index (χ1n) is 6.72. The monoisotopic (exact) mass is 279 g/mol. The molecule has 1 rings (SSSR count). The minimum absolute atomic E-state index is 0.0382. The number of benzene rings is 1. The first-order valence-corrected chi connectivity index (χ1v) is 6.72. The van der Waals surface area contributed by atoms with E-state index in [1.165, 1.54) is 17.0 Å². The minimum Gasteiger partial charge on any atom is -0.335 e. The molecule has 0 unspecified atom stereocenters. The predicted octanol–water partition coefficient (Wildman–Crippen LogP) is 2.92. The largest absolute Gasteiger partial charge is 0.335 e. The predicted molar refractivity (Wildman–Crippen MR) is 77.5 cm³/mol. The number of hydrogen-bond acceptors (Lipinski definition) is 3. The number of carbonyl (C=O) groups excluding carboxylic acids is 1. The molecule has 0 heterocycles. The third kappa shape index (κ3) is 4.53. The van der Waals surface area contributed by atoms with E-state index < -0.39 is 4.92 Å². The lowest BCUT2D eigenvalue weighted by molar-refractivity contribution is -0.384. The number of carbonyl (C=O) groups is 1. The molecule has 0 bridgehead atoms. The van der Waals surface area contributed by atoms with E-state index in [0.29, 0.717) is 6.54 Å². The third-order valence-corrected chi connectivity index (χ3v) is 3.20. The molecule has 0 saturated heterocycles. The van der Waals surface area contributed by atoms with Crippen molar-refractivity contribution in [1.82, 2.24) is 10.2 Å². The van der Waals surface area contributed by atoms with Gasteiger partial charge in [-0.2, -0.15) is 0 Å². The van der Waals surface area contributed by atoms with Crippen LogP contribution in [0.25, 0.3) is 0 Å². The Balaban J connectivity index is 2.65. The van der Waals surface area contributed by atoms with Gasteiger partial charge in [0, 0.05) is 31.8 Å². The molecule has 0 spiro atoms. The summed E-state index contributed by atoms with van der Waals surface area (Å²) in [6, 6.07) is 6.32. The Bertz CT molecular complexity index is 472. The van der Waals surface area contributed by atoms with Crippen molar-refractivity contribution in [3.63, 3.8) is 0 Å². The molecule has 0 saturated carbocycles. The molecule has 0 aliphatic heterocycles.